The zero-order valence-electron chi connectivity index (χ0n) is 6.08. The molecule has 0 spiro atoms. The summed E-state index contributed by atoms with van der Waals surface area (Å²) in [5, 5.41) is 0. The van der Waals surface area contributed by atoms with Gasteiger partial charge in [0.05, 0.1) is 6.04 Å². The van der Waals surface area contributed by atoms with E-state index in [0.29, 0.717) is 6.61 Å². The average molecular weight is 150 g/mol. The van der Waals surface area contributed by atoms with E-state index >= 15 is 0 Å². The molecule has 0 radical (unpaired) electrons. The van der Waals surface area contributed by atoms with E-state index in [9.17, 15) is 0 Å². The van der Waals surface area contributed by atoms with Crippen LogP contribution in [0.5, 0.6) is 5.75 Å². The van der Waals surface area contributed by atoms with Crippen molar-refractivity contribution < 1.29 is 4.74 Å². The van der Waals surface area contributed by atoms with Crippen LogP contribution in [0.15, 0.2) is 18.2 Å². The maximum Gasteiger partial charge on any atom is 0.126 e. The fourth-order valence-electron chi connectivity index (χ4n) is 1.35. The molecule has 0 unspecified atom stereocenters. The molecule has 0 amide bonds. The van der Waals surface area contributed by atoms with Crippen molar-refractivity contribution >= 4 is 5.69 Å². The predicted octanol–water partition coefficient (Wildman–Crippen LogP) is 0.661. The van der Waals surface area contributed by atoms with Crippen LogP contribution in [0.25, 0.3) is 0 Å². The van der Waals surface area contributed by atoms with Gasteiger partial charge in [0.25, 0.3) is 0 Å². The molecule has 1 heterocycles. The van der Waals surface area contributed by atoms with E-state index in [0.717, 1.165) is 17.0 Å². The third kappa shape index (κ3) is 0.851. The molecule has 11 heavy (non-hydrogen) atoms. The van der Waals surface area contributed by atoms with Crippen LogP contribution in [0.3, 0.4) is 0 Å². The van der Waals surface area contributed by atoms with Gasteiger partial charge in [-0.2, -0.15) is 0 Å². The zero-order chi connectivity index (χ0) is 7.84. The molecule has 0 bridgehead atoms. The smallest absolute Gasteiger partial charge is 0.126 e. The van der Waals surface area contributed by atoms with Gasteiger partial charge in [-0.05, 0) is 12.1 Å². The van der Waals surface area contributed by atoms with Crippen LogP contribution >= 0.6 is 0 Å². The van der Waals surface area contributed by atoms with Crippen molar-refractivity contribution in [1.29, 1.82) is 0 Å². The Labute approximate surface area is 64.9 Å². The number of ether oxygens (including phenoxy) is 1. The molecule has 58 valence electrons. The van der Waals surface area contributed by atoms with Gasteiger partial charge in [0.2, 0.25) is 0 Å². The van der Waals surface area contributed by atoms with Gasteiger partial charge in [-0.25, -0.2) is 0 Å². The number of rotatable bonds is 0. The fraction of sp³-hybridized carbons (Fsp3) is 0.250. The summed E-state index contributed by atoms with van der Waals surface area (Å²) in [5.74, 6) is 0.831. The molecule has 2 rings (SSSR count). The van der Waals surface area contributed by atoms with Crippen molar-refractivity contribution in [1.82, 2.24) is 0 Å². The van der Waals surface area contributed by atoms with E-state index in [4.69, 9.17) is 16.2 Å². The first-order valence-corrected chi connectivity index (χ1v) is 3.56. The monoisotopic (exact) mass is 150 g/mol. The summed E-state index contributed by atoms with van der Waals surface area (Å²) in [5.41, 5.74) is 13.1. The SMILES string of the molecule is Nc1cccc2c1[C@H](N)CO2. The van der Waals surface area contributed by atoms with Gasteiger partial charge in [-0.1, -0.05) is 6.07 Å². The van der Waals surface area contributed by atoms with Crippen LogP contribution in [0.2, 0.25) is 0 Å². The second-order valence-corrected chi connectivity index (χ2v) is 2.68. The molecule has 3 nitrogen and oxygen atoms in total. The van der Waals surface area contributed by atoms with Crippen LogP contribution in [0.1, 0.15) is 11.6 Å². The summed E-state index contributed by atoms with van der Waals surface area (Å²) in [6.07, 6.45) is 0. The number of anilines is 1. The normalized spacial score (nSPS) is 21.0. The van der Waals surface area contributed by atoms with Gasteiger partial charge < -0.3 is 16.2 Å². The number of benzene rings is 1. The maximum atomic E-state index is 5.74. The molecule has 0 fully saturated rings. The minimum absolute atomic E-state index is 0.0498. The number of hydrogen-bond acceptors (Lipinski definition) is 3. The molecule has 0 aromatic heterocycles. The largest absolute Gasteiger partial charge is 0.491 e. The lowest BCUT2D eigenvalue weighted by molar-refractivity contribution is 0.333. The summed E-state index contributed by atoms with van der Waals surface area (Å²) in [7, 11) is 0. The molecule has 0 saturated carbocycles. The van der Waals surface area contributed by atoms with Crippen LogP contribution in [0.4, 0.5) is 5.69 Å². The Kier molecular flexibility index (Phi) is 1.26. The highest BCUT2D eigenvalue weighted by atomic mass is 16.5. The topological polar surface area (TPSA) is 61.3 Å². The summed E-state index contributed by atoms with van der Waals surface area (Å²) in [6.45, 7) is 0.545. The van der Waals surface area contributed by atoms with E-state index in [2.05, 4.69) is 0 Å². The Bertz CT molecular complexity index is 285. The third-order valence-electron chi connectivity index (χ3n) is 1.89. The average Bonchev–Trinajstić information content (AvgIpc) is 2.34. The Morgan fingerprint density at radius 1 is 1.45 bits per heavy atom. The van der Waals surface area contributed by atoms with E-state index in [1.165, 1.54) is 0 Å². The second kappa shape index (κ2) is 2.13. The number of hydrogen-bond donors (Lipinski definition) is 2. The Morgan fingerprint density at radius 2 is 2.27 bits per heavy atom. The van der Waals surface area contributed by atoms with Gasteiger partial charge >= 0.3 is 0 Å². The van der Waals surface area contributed by atoms with Gasteiger partial charge in [-0.15, -0.1) is 0 Å². The molecular formula is C8H10N2O. The number of nitrogens with two attached hydrogens (primary N) is 2. The second-order valence-electron chi connectivity index (χ2n) is 2.68. The molecule has 1 aliphatic rings. The summed E-state index contributed by atoms with van der Waals surface area (Å²) >= 11 is 0. The van der Waals surface area contributed by atoms with E-state index in [1.54, 1.807) is 0 Å². The number of nitrogen functional groups attached to an aromatic ring is 1. The number of fused-ring (bicyclic) bond motifs is 1. The first-order valence-electron chi connectivity index (χ1n) is 3.56. The highest BCUT2D eigenvalue weighted by molar-refractivity contribution is 5.57. The molecule has 1 aromatic rings. The molecule has 3 heteroatoms. The molecule has 0 saturated heterocycles. The molecule has 4 N–H and O–H groups in total. The molecule has 1 atom stereocenters. The molecule has 0 aliphatic carbocycles. The Hall–Kier alpha value is -1.22. The maximum absolute atomic E-state index is 5.74. The van der Waals surface area contributed by atoms with Gasteiger partial charge in [0, 0.05) is 11.3 Å². The lowest BCUT2D eigenvalue weighted by Gasteiger charge is -2.03. The van der Waals surface area contributed by atoms with Gasteiger partial charge in [0.1, 0.15) is 12.4 Å². The minimum atomic E-state index is -0.0498. The highest BCUT2D eigenvalue weighted by Gasteiger charge is 2.22. The minimum Gasteiger partial charge on any atom is -0.491 e. The first kappa shape index (κ1) is 6.49. The lowest BCUT2D eigenvalue weighted by Crippen LogP contribution is -2.12. The van der Waals surface area contributed by atoms with Crippen LogP contribution in [-0.4, -0.2) is 6.61 Å². The predicted molar refractivity (Wildman–Crippen MR) is 43.3 cm³/mol. The Balaban J connectivity index is 2.58. The standard InChI is InChI=1S/C8H10N2O/c9-5-2-1-3-7-8(5)6(10)4-11-7/h1-3,6H,4,9-10H2/t6-/m1/s1. The molecule has 1 aromatic carbocycles. The molecule has 1 aliphatic heterocycles. The van der Waals surface area contributed by atoms with Crippen LogP contribution in [-0.2, 0) is 0 Å². The van der Waals surface area contributed by atoms with Gasteiger partial charge in [-0.3, -0.25) is 0 Å². The van der Waals surface area contributed by atoms with Crippen molar-refractivity contribution in [3.63, 3.8) is 0 Å². The lowest BCUT2D eigenvalue weighted by atomic mass is 10.1. The first-order chi connectivity index (χ1) is 5.29. The Morgan fingerprint density at radius 3 is 3.00 bits per heavy atom. The van der Waals surface area contributed by atoms with Gasteiger partial charge in [0.15, 0.2) is 0 Å². The van der Waals surface area contributed by atoms with Crippen molar-refractivity contribution in [2.75, 3.05) is 12.3 Å². The van der Waals surface area contributed by atoms with E-state index in [1.807, 2.05) is 18.2 Å². The quantitative estimate of drug-likeness (QED) is 0.534. The highest BCUT2D eigenvalue weighted by Crippen LogP contribution is 2.34. The summed E-state index contributed by atoms with van der Waals surface area (Å²) in [4.78, 5) is 0. The fourth-order valence-corrected chi connectivity index (χ4v) is 1.35. The zero-order valence-corrected chi connectivity index (χ0v) is 6.08. The van der Waals surface area contributed by atoms with Crippen LogP contribution in [0, 0.1) is 0 Å². The van der Waals surface area contributed by atoms with Crippen LogP contribution < -0.4 is 16.2 Å². The van der Waals surface area contributed by atoms with E-state index in [-0.39, 0.29) is 6.04 Å². The summed E-state index contributed by atoms with van der Waals surface area (Å²) < 4.78 is 5.29. The van der Waals surface area contributed by atoms with Crippen molar-refractivity contribution in [2.24, 2.45) is 5.73 Å². The third-order valence-corrected chi connectivity index (χ3v) is 1.89. The van der Waals surface area contributed by atoms with E-state index < -0.39 is 0 Å². The van der Waals surface area contributed by atoms with Crippen molar-refractivity contribution in [3.8, 4) is 5.75 Å². The van der Waals surface area contributed by atoms with Crippen molar-refractivity contribution in [2.45, 2.75) is 6.04 Å². The molecular weight excluding hydrogens is 140 g/mol. The van der Waals surface area contributed by atoms with Crippen molar-refractivity contribution in [3.05, 3.63) is 23.8 Å². The summed E-state index contributed by atoms with van der Waals surface area (Å²) in [6, 6.07) is 5.55.